The lowest BCUT2D eigenvalue weighted by molar-refractivity contribution is -0.166. The van der Waals surface area contributed by atoms with E-state index in [9.17, 15) is 14.4 Å². The van der Waals surface area contributed by atoms with E-state index in [0.717, 1.165) is 70.6 Å². The van der Waals surface area contributed by atoms with Crippen molar-refractivity contribution in [3.8, 4) is 0 Å². The van der Waals surface area contributed by atoms with Crippen LogP contribution >= 0.6 is 0 Å². The van der Waals surface area contributed by atoms with Crippen molar-refractivity contribution in [3.05, 3.63) is 60.8 Å². The highest BCUT2D eigenvalue weighted by Gasteiger charge is 2.19. The van der Waals surface area contributed by atoms with Gasteiger partial charge in [0.15, 0.2) is 6.10 Å². The molecule has 0 aliphatic heterocycles. The molecule has 346 valence electrons. The summed E-state index contributed by atoms with van der Waals surface area (Å²) in [5, 5.41) is 0. The fourth-order valence-electron chi connectivity index (χ4n) is 7.05. The normalized spacial score (nSPS) is 12.5. The summed E-state index contributed by atoms with van der Waals surface area (Å²) < 4.78 is 16.7. The van der Waals surface area contributed by atoms with Crippen LogP contribution in [-0.4, -0.2) is 37.2 Å². The average molecular weight is 839 g/mol. The van der Waals surface area contributed by atoms with E-state index in [1.807, 2.05) is 6.08 Å². The standard InChI is InChI=1S/C54H94O6/c1-4-7-10-13-16-19-22-24-26-27-29-30-32-35-38-41-44-47-53(56)59-50-51(49-58-52(55)46-43-40-37-34-21-18-15-12-9-6-3)60-54(57)48-45-42-39-36-33-31-28-25-23-20-17-14-11-8-5-2/h8,11,17,20,25,28,33,36,42,45,51H,4-7,9-10,12-16,18-19,21-24,26-27,29-32,34-35,37-41,43-44,46-50H2,1-3H3/b11-8-,20-17-,28-25-,36-33-,45-42-. The van der Waals surface area contributed by atoms with Gasteiger partial charge in [-0.1, -0.05) is 242 Å². The van der Waals surface area contributed by atoms with E-state index >= 15 is 0 Å². The Morgan fingerprint density at radius 3 is 0.950 bits per heavy atom. The largest absolute Gasteiger partial charge is 0.462 e. The molecule has 0 fully saturated rings. The lowest BCUT2D eigenvalue weighted by Gasteiger charge is -2.18. The van der Waals surface area contributed by atoms with Crippen LogP contribution in [0.15, 0.2) is 60.8 Å². The van der Waals surface area contributed by atoms with E-state index < -0.39 is 12.1 Å². The molecule has 0 N–H and O–H groups in total. The summed E-state index contributed by atoms with van der Waals surface area (Å²) >= 11 is 0. The predicted octanol–water partition coefficient (Wildman–Crippen LogP) is 16.5. The van der Waals surface area contributed by atoms with Gasteiger partial charge in [-0.2, -0.15) is 0 Å². The van der Waals surface area contributed by atoms with Gasteiger partial charge in [-0.05, 0) is 44.9 Å². The zero-order valence-electron chi connectivity index (χ0n) is 39.5. The molecule has 1 unspecified atom stereocenters. The molecule has 0 saturated heterocycles. The van der Waals surface area contributed by atoms with Crippen LogP contribution in [0.5, 0.6) is 0 Å². The third-order valence-corrected chi connectivity index (χ3v) is 10.8. The number of carbonyl (C=O) groups excluding carboxylic acids is 3. The van der Waals surface area contributed by atoms with Crippen molar-refractivity contribution in [1.82, 2.24) is 0 Å². The molecule has 0 saturated carbocycles. The van der Waals surface area contributed by atoms with Gasteiger partial charge in [-0.25, -0.2) is 0 Å². The monoisotopic (exact) mass is 839 g/mol. The fourth-order valence-corrected chi connectivity index (χ4v) is 7.05. The minimum atomic E-state index is -0.823. The molecular weight excluding hydrogens is 745 g/mol. The van der Waals surface area contributed by atoms with Gasteiger partial charge >= 0.3 is 17.9 Å². The van der Waals surface area contributed by atoms with Gasteiger partial charge in [0.05, 0.1) is 6.42 Å². The Bertz CT molecular complexity index is 1100. The molecule has 0 aromatic rings. The molecule has 6 heteroatoms. The zero-order chi connectivity index (χ0) is 43.7. The topological polar surface area (TPSA) is 78.9 Å². The van der Waals surface area contributed by atoms with Gasteiger partial charge < -0.3 is 14.2 Å². The first-order chi connectivity index (χ1) is 29.5. The van der Waals surface area contributed by atoms with Gasteiger partial charge in [0.25, 0.3) is 0 Å². The Kier molecular flexibility index (Phi) is 46.4. The quantitative estimate of drug-likeness (QED) is 0.0263. The van der Waals surface area contributed by atoms with Crippen molar-refractivity contribution in [2.45, 2.75) is 252 Å². The maximum Gasteiger partial charge on any atom is 0.310 e. The van der Waals surface area contributed by atoms with Crippen LogP contribution in [0.3, 0.4) is 0 Å². The number of allylic oxidation sites excluding steroid dienone is 9. The molecule has 0 aliphatic rings. The molecule has 1 atom stereocenters. The van der Waals surface area contributed by atoms with Crippen LogP contribution in [0.25, 0.3) is 0 Å². The van der Waals surface area contributed by atoms with E-state index in [0.29, 0.717) is 12.8 Å². The van der Waals surface area contributed by atoms with Crippen molar-refractivity contribution in [3.63, 3.8) is 0 Å². The zero-order valence-corrected chi connectivity index (χ0v) is 39.5. The van der Waals surface area contributed by atoms with Crippen LogP contribution < -0.4 is 0 Å². The second-order valence-corrected chi connectivity index (χ2v) is 16.7. The molecule has 0 aliphatic carbocycles. The van der Waals surface area contributed by atoms with E-state index in [4.69, 9.17) is 14.2 Å². The third kappa shape index (κ3) is 46.2. The van der Waals surface area contributed by atoms with E-state index in [-0.39, 0.29) is 31.6 Å². The van der Waals surface area contributed by atoms with Crippen molar-refractivity contribution in [2.24, 2.45) is 0 Å². The molecule has 60 heavy (non-hydrogen) atoms. The van der Waals surface area contributed by atoms with Crippen molar-refractivity contribution in [1.29, 1.82) is 0 Å². The van der Waals surface area contributed by atoms with Gasteiger partial charge in [-0.15, -0.1) is 0 Å². The van der Waals surface area contributed by atoms with Gasteiger partial charge in [0.2, 0.25) is 0 Å². The number of rotatable bonds is 45. The van der Waals surface area contributed by atoms with Gasteiger partial charge in [0, 0.05) is 12.8 Å². The summed E-state index contributed by atoms with van der Waals surface area (Å²) in [4.78, 5) is 37.8. The van der Waals surface area contributed by atoms with E-state index in [2.05, 4.69) is 69.4 Å². The highest BCUT2D eigenvalue weighted by molar-refractivity contribution is 5.72. The number of carbonyl (C=O) groups is 3. The smallest absolute Gasteiger partial charge is 0.310 e. The fraction of sp³-hybridized carbons (Fsp3) is 0.759. The predicted molar refractivity (Wildman–Crippen MR) is 256 cm³/mol. The molecule has 6 nitrogen and oxygen atoms in total. The molecule has 0 aromatic carbocycles. The number of hydrogen-bond acceptors (Lipinski definition) is 6. The summed E-state index contributed by atoms with van der Waals surface area (Å²) in [6, 6.07) is 0. The number of esters is 3. The molecular formula is C54H94O6. The van der Waals surface area contributed by atoms with Gasteiger partial charge in [0.1, 0.15) is 13.2 Å². The second kappa shape index (κ2) is 48.8. The Balaban J connectivity index is 4.43. The van der Waals surface area contributed by atoms with Crippen molar-refractivity contribution >= 4 is 17.9 Å². The van der Waals surface area contributed by atoms with Crippen LogP contribution in [0.1, 0.15) is 245 Å². The Morgan fingerprint density at radius 2 is 0.633 bits per heavy atom. The van der Waals surface area contributed by atoms with Crippen molar-refractivity contribution in [2.75, 3.05) is 13.2 Å². The minimum Gasteiger partial charge on any atom is -0.462 e. The maximum absolute atomic E-state index is 12.7. The number of ether oxygens (including phenoxy) is 3. The van der Waals surface area contributed by atoms with Crippen LogP contribution in [-0.2, 0) is 28.6 Å². The van der Waals surface area contributed by atoms with Crippen LogP contribution in [0.2, 0.25) is 0 Å². The summed E-state index contributed by atoms with van der Waals surface area (Å²) in [6.45, 7) is 6.44. The van der Waals surface area contributed by atoms with Crippen molar-refractivity contribution < 1.29 is 28.6 Å². The highest BCUT2D eigenvalue weighted by Crippen LogP contribution is 2.15. The van der Waals surface area contributed by atoms with Gasteiger partial charge in [-0.3, -0.25) is 14.4 Å². The summed E-state index contributed by atoms with van der Waals surface area (Å²) in [5.41, 5.74) is 0. The van der Waals surface area contributed by atoms with E-state index in [1.54, 1.807) is 6.08 Å². The molecule has 0 amide bonds. The summed E-state index contributed by atoms with van der Waals surface area (Å²) in [6.07, 6.45) is 59.5. The lowest BCUT2D eigenvalue weighted by atomic mass is 10.0. The summed E-state index contributed by atoms with van der Waals surface area (Å²) in [7, 11) is 0. The number of hydrogen-bond donors (Lipinski definition) is 0. The summed E-state index contributed by atoms with van der Waals surface area (Å²) in [5.74, 6) is -1.04. The average Bonchev–Trinajstić information content (AvgIpc) is 3.24. The molecule has 0 heterocycles. The Hall–Kier alpha value is -2.89. The number of unbranched alkanes of at least 4 members (excludes halogenated alkanes) is 25. The SMILES string of the molecule is CC/C=C\C/C=C\C/C=C\C/C=C\C/C=C\CC(=O)OC(COC(=O)CCCCCCCCCCCC)COC(=O)CCCCCCCCCCCCCCCCCCC. The molecule has 0 radical (unpaired) electrons. The third-order valence-electron chi connectivity index (χ3n) is 10.8. The maximum atomic E-state index is 12.7. The molecule has 0 bridgehead atoms. The Morgan fingerprint density at radius 1 is 0.350 bits per heavy atom. The Labute approximate surface area is 370 Å². The van der Waals surface area contributed by atoms with Crippen LogP contribution in [0, 0.1) is 0 Å². The molecule has 0 rings (SSSR count). The van der Waals surface area contributed by atoms with E-state index in [1.165, 1.54) is 135 Å². The molecule has 0 spiro atoms. The first-order valence-electron chi connectivity index (χ1n) is 25.3. The molecule has 0 aromatic heterocycles. The van der Waals surface area contributed by atoms with Crippen LogP contribution in [0.4, 0.5) is 0 Å². The minimum absolute atomic E-state index is 0.101. The lowest BCUT2D eigenvalue weighted by Crippen LogP contribution is -2.30. The highest BCUT2D eigenvalue weighted by atomic mass is 16.6. The first-order valence-corrected chi connectivity index (χ1v) is 25.3. The second-order valence-electron chi connectivity index (χ2n) is 16.7. The first kappa shape index (κ1) is 57.1.